The molecule has 0 spiro atoms. The zero-order chi connectivity index (χ0) is 23.2. The van der Waals surface area contributed by atoms with Crippen LogP contribution < -0.4 is 15.0 Å². The average Bonchev–Trinajstić information content (AvgIpc) is 2.88. The van der Waals surface area contributed by atoms with E-state index in [1.54, 1.807) is 11.8 Å². The van der Waals surface area contributed by atoms with E-state index in [4.69, 9.17) is 4.74 Å². The van der Waals surface area contributed by atoms with Gasteiger partial charge in [-0.2, -0.15) is 0 Å². The Morgan fingerprint density at radius 2 is 1.82 bits per heavy atom. The highest BCUT2D eigenvalue weighted by Gasteiger charge is 2.34. The molecule has 2 aliphatic heterocycles. The number of likely N-dealkylation sites (tertiary alicyclic amines) is 1. The molecular formula is C26H33N3O3S. The highest BCUT2D eigenvalue weighted by molar-refractivity contribution is 7.98. The second-order valence-electron chi connectivity index (χ2n) is 8.66. The van der Waals surface area contributed by atoms with Crippen LogP contribution in [-0.4, -0.2) is 55.4 Å². The Bertz CT molecular complexity index is 958. The lowest BCUT2D eigenvalue weighted by Crippen LogP contribution is -2.52. The number of para-hydroxylation sites is 2. The van der Waals surface area contributed by atoms with Crippen LogP contribution in [0.2, 0.25) is 0 Å². The molecule has 0 bridgehead atoms. The van der Waals surface area contributed by atoms with Gasteiger partial charge in [0.2, 0.25) is 5.91 Å². The van der Waals surface area contributed by atoms with Crippen molar-refractivity contribution in [1.82, 2.24) is 10.2 Å². The maximum Gasteiger partial charge on any atom is 0.324 e. The lowest BCUT2D eigenvalue weighted by atomic mass is 9.96. The van der Waals surface area contributed by atoms with Gasteiger partial charge in [0, 0.05) is 30.4 Å². The van der Waals surface area contributed by atoms with Crippen molar-refractivity contribution in [3.05, 3.63) is 54.1 Å². The first kappa shape index (κ1) is 23.5. The molecule has 0 radical (unpaired) electrons. The molecule has 2 aromatic rings. The molecule has 33 heavy (non-hydrogen) atoms. The van der Waals surface area contributed by atoms with Gasteiger partial charge in [0.1, 0.15) is 11.9 Å². The van der Waals surface area contributed by atoms with E-state index in [2.05, 4.69) is 42.8 Å². The summed E-state index contributed by atoms with van der Waals surface area (Å²) in [7, 11) is 0. The Morgan fingerprint density at radius 3 is 2.52 bits per heavy atom. The van der Waals surface area contributed by atoms with Crippen LogP contribution in [0.1, 0.15) is 31.7 Å². The minimum absolute atomic E-state index is 0.00379. The Labute approximate surface area is 200 Å². The fraction of sp³-hybridized carbons (Fsp3) is 0.462. The lowest BCUT2D eigenvalue weighted by Gasteiger charge is -2.39. The van der Waals surface area contributed by atoms with Crippen molar-refractivity contribution in [1.29, 1.82) is 0 Å². The largest absolute Gasteiger partial charge is 0.486 e. The van der Waals surface area contributed by atoms with E-state index in [0.29, 0.717) is 39.0 Å². The Hall–Kier alpha value is -2.67. The van der Waals surface area contributed by atoms with Gasteiger partial charge in [0.25, 0.3) is 0 Å². The van der Waals surface area contributed by atoms with Gasteiger partial charge in [0.15, 0.2) is 0 Å². The molecule has 2 aromatic carbocycles. The molecule has 3 amide bonds. The number of fused-ring (bicyclic) bond motifs is 1. The van der Waals surface area contributed by atoms with Gasteiger partial charge in [-0.1, -0.05) is 31.2 Å². The maximum absolute atomic E-state index is 13.3. The van der Waals surface area contributed by atoms with Crippen LogP contribution in [0.5, 0.6) is 5.75 Å². The van der Waals surface area contributed by atoms with Crippen molar-refractivity contribution in [3.8, 4) is 5.75 Å². The van der Waals surface area contributed by atoms with Crippen molar-refractivity contribution in [2.45, 2.75) is 43.6 Å². The number of anilines is 1. The van der Waals surface area contributed by atoms with Crippen LogP contribution in [0, 0.1) is 5.92 Å². The molecule has 0 saturated carbocycles. The van der Waals surface area contributed by atoms with Crippen LogP contribution in [-0.2, 0) is 11.2 Å². The number of carbonyl (C=O) groups excluding carboxylic acids is 2. The van der Waals surface area contributed by atoms with E-state index in [9.17, 15) is 9.59 Å². The van der Waals surface area contributed by atoms with Crippen LogP contribution in [0.15, 0.2) is 53.4 Å². The standard InChI is InChI=1S/C26H33N3O3S/c1-3-21-18-29(23-6-4-5-7-24(23)32-21)26(31)28-16-13-20(14-17-28)25(30)27-15-12-19-8-10-22(33-2)11-9-19/h4-11,20-21H,3,12-18H2,1-2H3,(H,27,30). The van der Waals surface area contributed by atoms with Crippen molar-refractivity contribution >= 4 is 29.4 Å². The van der Waals surface area contributed by atoms with Gasteiger partial charge >= 0.3 is 6.03 Å². The number of piperidine rings is 1. The van der Waals surface area contributed by atoms with E-state index in [0.717, 1.165) is 24.3 Å². The van der Waals surface area contributed by atoms with Crippen molar-refractivity contribution in [3.63, 3.8) is 0 Å². The van der Waals surface area contributed by atoms with E-state index in [1.807, 2.05) is 34.1 Å². The molecule has 7 heteroatoms. The third-order valence-electron chi connectivity index (χ3n) is 6.53. The fourth-order valence-corrected chi connectivity index (χ4v) is 4.87. The summed E-state index contributed by atoms with van der Waals surface area (Å²) in [6, 6.07) is 16.2. The second kappa shape index (κ2) is 11.0. The molecule has 2 aliphatic rings. The number of rotatable bonds is 6. The van der Waals surface area contributed by atoms with Gasteiger partial charge in [-0.3, -0.25) is 9.69 Å². The number of hydrogen-bond acceptors (Lipinski definition) is 4. The number of nitrogens with zero attached hydrogens (tertiary/aromatic N) is 2. The SMILES string of the molecule is CCC1CN(C(=O)N2CCC(C(=O)NCCc3ccc(SC)cc3)CC2)c2ccccc2O1. The zero-order valence-corrected chi connectivity index (χ0v) is 20.3. The van der Waals surface area contributed by atoms with Gasteiger partial charge in [-0.15, -0.1) is 11.8 Å². The van der Waals surface area contributed by atoms with Crippen LogP contribution in [0.25, 0.3) is 0 Å². The number of benzene rings is 2. The number of thioether (sulfide) groups is 1. The predicted octanol–water partition coefficient (Wildman–Crippen LogP) is 4.58. The minimum atomic E-state index is -0.0340. The summed E-state index contributed by atoms with van der Waals surface area (Å²) in [6.07, 6.45) is 5.14. The normalized spacial score (nSPS) is 18.4. The molecule has 2 heterocycles. The van der Waals surface area contributed by atoms with E-state index in [-0.39, 0.29) is 24.0 Å². The summed E-state index contributed by atoms with van der Waals surface area (Å²) in [4.78, 5) is 31.0. The molecule has 4 rings (SSSR count). The Balaban J connectivity index is 1.26. The maximum atomic E-state index is 13.3. The summed E-state index contributed by atoms with van der Waals surface area (Å²) < 4.78 is 6.01. The van der Waals surface area contributed by atoms with Gasteiger partial charge < -0.3 is 15.0 Å². The smallest absolute Gasteiger partial charge is 0.324 e. The lowest BCUT2D eigenvalue weighted by molar-refractivity contribution is -0.126. The molecule has 1 N–H and O–H groups in total. The van der Waals surface area contributed by atoms with E-state index in [1.165, 1.54) is 10.5 Å². The number of nitrogens with one attached hydrogen (secondary N) is 1. The number of carbonyl (C=O) groups is 2. The van der Waals surface area contributed by atoms with Crippen molar-refractivity contribution in [2.75, 3.05) is 37.3 Å². The first-order valence-corrected chi connectivity index (χ1v) is 13.0. The highest BCUT2D eigenvalue weighted by Crippen LogP contribution is 2.35. The fourth-order valence-electron chi connectivity index (χ4n) is 4.46. The average molecular weight is 468 g/mol. The third kappa shape index (κ3) is 5.64. The number of amides is 3. The van der Waals surface area contributed by atoms with Gasteiger partial charge in [-0.05, 0) is 61.8 Å². The molecule has 176 valence electrons. The van der Waals surface area contributed by atoms with E-state index < -0.39 is 0 Å². The summed E-state index contributed by atoms with van der Waals surface area (Å²) >= 11 is 1.73. The summed E-state index contributed by atoms with van der Waals surface area (Å²) in [5.41, 5.74) is 2.06. The molecule has 6 nitrogen and oxygen atoms in total. The predicted molar refractivity (Wildman–Crippen MR) is 133 cm³/mol. The van der Waals surface area contributed by atoms with Crippen molar-refractivity contribution in [2.24, 2.45) is 5.92 Å². The van der Waals surface area contributed by atoms with Gasteiger partial charge in [-0.25, -0.2) is 4.79 Å². The minimum Gasteiger partial charge on any atom is -0.486 e. The third-order valence-corrected chi connectivity index (χ3v) is 7.27. The Morgan fingerprint density at radius 1 is 1.09 bits per heavy atom. The molecule has 1 atom stereocenters. The highest BCUT2D eigenvalue weighted by atomic mass is 32.2. The van der Waals surface area contributed by atoms with Crippen LogP contribution >= 0.6 is 11.8 Å². The topological polar surface area (TPSA) is 61.9 Å². The van der Waals surface area contributed by atoms with Crippen molar-refractivity contribution < 1.29 is 14.3 Å². The number of hydrogen-bond donors (Lipinski definition) is 1. The van der Waals surface area contributed by atoms with E-state index >= 15 is 0 Å². The number of urea groups is 1. The molecule has 1 fully saturated rings. The van der Waals surface area contributed by atoms with Crippen LogP contribution in [0.3, 0.4) is 0 Å². The summed E-state index contributed by atoms with van der Waals surface area (Å²) in [6.45, 7) is 4.47. The first-order chi connectivity index (χ1) is 16.1. The second-order valence-corrected chi connectivity index (χ2v) is 9.54. The molecule has 0 aliphatic carbocycles. The summed E-state index contributed by atoms with van der Waals surface area (Å²) in [5.74, 6) is 0.834. The first-order valence-electron chi connectivity index (χ1n) is 11.8. The zero-order valence-electron chi connectivity index (χ0n) is 19.5. The molecular weight excluding hydrogens is 434 g/mol. The molecule has 1 unspecified atom stereocenters. The summed E-state index contributed by atoms with van der Waals surface area (Å²) in [5, 5.41) is 3.09. The van der Waals surface area contributed by atoms with Gasteiger partial charge in [0.05, 0.1) is 12.2 Å². The van der Waals surface area contributed by atoms with Crippen LogP contribution in [0.4, 0.5) is 10.5 Å². The monoisotopic (exact) mass is 467 g/mol. The number of ether oxygens (including phenoxy) is 1. The Kier molecular flexibility index (Phi) is 7.81. The molecule has 1 saturated heterocycles. The molecule has 0 aromatic heterocycles. The quantitative estimate of drug-likeness (QED) is 0.632.